The van der Waals surface area contributed by atoms with Gasteiger partial charge in [-0.3, -0.25) is 4.90 Å². The highest BCUT2D eigenvalue weighted by molar-refractivity contribution is 6.30. The lowest BCUT2D eigenvalue weighted by Gasteiger charge is -2.19. The summed E-state index contributed by atoms with van der Waals surface area (Å²) in [6, 6.07) is 13.9. The van der Waals surface area contributed by atoms with Gasteiger partial charge in [0.2, 0.25) is 0 Å². The molecule has 7 heteroatoms. The average molecular weight is 421 g/mol. The first-order chi connectivity index (χ1) is 14.0. The molecule has 0 saturated carbocycles. The molecule has 2 rings (SSSR count). The van der Waals surface area contributed by atoms with Gasteiger partial charge in [-0.2, -0.15) is 0 Å². The Morgan fingerprint density at radius 1 is 1.00 bits per heavy atom. The molecule has 0 atom stereocenters. The summed E-state index contributed by atoms with van der Waals surface area (Å²) in [6.45, 7) is 5.53. The van der Waals surface area contributed by atoms with E-state index in [1.165, 1.54) is 4.90 Å². The lowest BCUT2D eigenvalue weighted by atomic mass is 10.2. The Bertz CT molecular complexity index is 737. The van der Waals surface area contributed by atoms with Crippen molar-refractivity contribution in [2.45, 2.75) is 19.8 Å². The summed E-state index contributed by atoms with van der Waals surface area (Å²) in [5, 5.41) is 9.58. The van der Waals surface area contributed by atoms with Crippen molar-refractivity contribution >= 4 is 23.4 Å². The van der Waals surface area contributed by atoms with E-state index in [4.69, 9.17) is 26.2 Å². The van der Waals surface area contributed by atoms with Gasteiger partial charge in [0.05, 0.1) is 13.2 Å². The van der Waals surface area contributed by atoms with Crippen LogP contribution < -0.4 is 14.4 Å². The molecule has 0 fully saturated rings. The van der Waals surface area contributed by atoms with Crippen LogP contribution in [0.3, 0.4) is 0 Å². The molecule has 0 unspecified atom stereocenters. The van der Waals surface area contributed by atoms with Crippen LogP contribution in [0.25, 0.3) is 0 Å². The van der Waals surface area contributed by atoms with Gasteiger partial charge in [0.1, 0.15) is 11.5 Å². The van der Waals surface area contributed by atoms with Gasteiger partial charge < -0.3 is 19.5 Å². The predicted molar refractivity (Wildman–Crippen MR) is 116 cm³/mol. The Kier molecular flexibility index (Phi) is 9.77. The van der Waals surface area contributed by atoms with Crippen molar-refractivity contribution in [2.75, 3.05) is 44.8 Å². The molecular formula is C22H29ClN2O4. The Hall–Kier alpha value is -2.28. The van der Waals surface area contributed by atoms with E-state index in [1.807, 2.05) is 24.3 Å². The summed E-state index contributed by atoms with van der Waals surface area (Å²) in [5.41, 5.74) is 0.707. The Labute approximate surface area is 177 Å². The van der Waals surface area contributed by atoms with Gasteiger partial charge in [-0.15, -0.1) is 0 Å². The number of carbonyl (C=O) groups is 1. The molecule has 0 saturated heterocycles. The zero-order valence-electron chi connectivity index (χ0n) is 17.0. The third kappa shape index (κ3) is 7.93. The number of hydrogen-bond acceptors (Lipinski definition) is 5. The van der Waals surface area contributed by atoms with Crippen molar-refractivity contribution < 1.29 is 19.4 Å². The molecule has 0 radical (unpaired) electrons. The topological polar surface area (TPSA) is 62.2 Å². The van der Waals surface area contributed by atoms with Gasteiger partial charge >= 0.3 is 6.09 Å². The molecule has 0 aliphatic carbocycles. The second-order valence-corrected chi connectivity index (χ2v) is 7.02. The number of rotatable bonds is 11. The molecule has 1 N–H and O–H groups in total. The molecule has 0 bridgehead atoms. The van der Waals surface area contributed by atoms with Gasteiger partial charge in [0.15, 0.2) is 0 Å². The third-order valence-corrected chi connectivity index (χ3v) is 4.77. The fourth-order valence-corrected chi connectivity index (χ4v) is 2.87. The summed E-state index contributed by atoms with van der Waals surface area (Å²) >= 11 is 5.83. The van der Waals surface area contributed by atoms with Crippen molar-refractivity contribution in [1.29, 1.82) is 0 Å². The Morgan fingerprint density at radius 3 is 2.28 bits per heavy atom. The molecule has 1 amide bonds. The SMILES string of the molecule is CCN(CCO)CCCCOc1ccc(N(C)C(=O)Oc2ccc(Cl)cc2)cc1. The number of amides is 1. The first-order valence-electron chi connectivity index (χ1n) is 9.80. The third-order valence-electron chi connectivity index (χ3n) is 4.52. The highest BCUT2D eigenvalue weighted by Gasteiger charge is 2.13. The summed E-state index contributed by atoms with van der Waals surface area (Å²) in [6.07, 6.45) is 1.48. The Morgan fingerprint density at radius 2 is 1.66 bits per heavy atom. The number of unbranched alkanes of at least 4 members (excludes halogenated alkanes) is 1. The van der Waals surface area contributed by atoms with Gasteiger partial charge in [-0.1, -0.05) is 18.5 Å². The minimum absolute atomic E-state index is 0.193. The van der Waals surface area contributed by atoms with Crippen LogP contribution in [0.2, 0.25) is 5.02 Å². The van der Waals surface area contributed by atoms with E-state index in [1.54, 1.807) is 31.3 Å². The Balaban J connectivity index is 1.75. The number of halogens is 1. The van der Waals surface area contributed by atoms with Crippen molar-refractivity contribution in [1.82, 2.24) is 4.90 Å². The molecule has 0 heterocycles. The molecular weight excluding hydrogens is 392 g/mol. The maximum atomic E-state index is 12.3. The number of hydrogen-bond donors (Lipinski definition) is 1. The highest BCUT2D eigenvalue weighted by atomic mass is 35.5. The minimum Gasteiger partial charge on any atom is -0.494 e. The van der Waals surface area contributed by atoms with Crippen LogP contribution in [0.15, 0.2) is 48.5 Å². The van der Waals surface area contributed by atoms with Crippen LogP contribution in [0, 0.1) is 0 Å². The molecule has 0 aromatic heterocycles. The number of aliphatic hydroxyl groups is 1. The fourth-order valence-electron chi connectivity index (χ4n) is 2.74. The monoisotopic (exact) mass is 420 g/mol. The van der Waals surface area contributed by atoms with E-state index in [9.17, 15) is 4.79 Å². The summed E-state index contributed by atoms with van der Waals surface area (Å²) in [5.74, 6) is 1.20. The maximum Gasteiger partial charge on any atom is 0.419 e. The number of likely N-dealkylation sites (N-methyl/N-ethyl adjacent to an activating group) is 1. The zero-order valence-corrected chi connectivity index (χ0v) is 17.8. The molecule has 0 aliphatic rings. The number of carbonyl (C=O) groups excluding carboxylic acids is 1. The second kappa shape index (κ2) is 12.3. The van der Waals surface area contributed by atoms with Crippen LogP contribution in [0.1, 0.15) is 19.8 Å². The van der Waals surface area contributed by atoms with Gasteiger partial charge in [-0.05, 0) is 74.5 Å². The largest absolute Gasteiger partial charge is 0.494 e. The van der Waals surface area contributed by atoms with E-state index in [-0.39, 0.29) is 6.61 Å². The van der Waals surface area contributed by atoms with Crippen LogP contribution in [-0.4, -0.2) is 56.0 Å². The lowest BCUT2D eigenvalue weighted by molar-refractivity contribution is 0.195. The van der Waals surface area contributed by atoms with Crippen molar-refractivity contribution in [3.05, 3.63) is 53.6 Å². The minimum atomic E-state index is -0.482. The fraction of sp³-hybridized carbons (Fsp3) is 0.409. The molecule has 158 valence electrons. The molecule has 0 spiro atoms. The number of aliphatic hydroxyl groups excluding tert-OH is 1. The first kappa shape index (κ1) is 23.0. The molecule has 2 aromatic carbocycles. The molecule has 6 nitrogen and oxygen atoms in total. The zero-order chi connectivity index (χ0) is 21.1. The van der Waals surface area contributed by atoms with E-state index < -0.39 is 6.09 Å². The first-order valence-corrected chi connectivity index (χ1v) is 10.2. The van der Waals surface area contributed by atoms with E-state index in [0.29, 0.717) is 29.6 Å². The standard InChI is InChI=1S/C22H29ClN2O4/c1-3-25(15-16-26)14-4-5-17-28-20-12-8-19(9-13-20)24(2)22(27)29-21-10-6-18(23)7-11-21/h6-13,26H,3-5,14-17H2,1-2H3. The van der Waals surface area contributed by atoms with Gasteiger partial charge in [-0.25, -0.2) is 4.79 Å². The van der Waals surface area contributed by atoms with Crippen molar-refractivity contribution in [3.8, 4) is 11.5 Å². The number of anilines is 1. The van der Waals surface area contributed by atoms with Crippen molar-refractivity contribution in [3.63, 3.8) is 0 Å². The smallest absolute Gasteiger partial charge is 0.419 e. The maximum absolute atomic E-state index is 12.3. The van der Waals surface area contributed by atoms with Gasteiger partial charge in [0, 0.05) is 24.3 Å². The van der Waals surface area contributed by atoms with Crippen LogP contribution in [-0.2, 0) is 0 Å². The molecule has 29 heavy (non-hydrogen) atoms. The summed E-state index contributed by atoms with van der Waals surface area (Å²) in [4.78, 5) is 15.9. The molecule has 2 aromatic rings. The van der Waals surface area contributed by atoms with E-state index in [0.717, 1.165) is 31.7 Å². The molecule has 0 aliphatic heterocycles. The summed E-state index contributed by atoms with van der Waals surface area (Å²) < 4.78 is 11.1. The average Bonchev–Trinajstić information content (AvgIpc) is 2.74. The van der Waals surface area contributed by atoms with Gasteiger partial charge in [0.25, 0.3) is 0 Å². The van der Waals surface area contributed by atoms with Crippen LogP contribution in [0.4, 0.5) is 10.5 Å². The normalized spacial score (nSPS) is 10.8. The van der Waals surface area contributed by atoms with Crippen LogP contribution in [0.5, 0.6) is 11.5 Å². The van der Waals surface area contributed by atoms with E-state index in [2.05, 4.69) is 11.8 Å². The second-order valence-electron chi connectivity index (χ2n) is 6.59. The lowest BCUT2D eigenvalue weighted by Crippen LogP contribution is -2.29. The highest BCUT2D eigenvalue weighted by Crippen LogP contribution is 2.21. The van der Waals surface area contributed by atoms with Crippen molar-refractivity contribution in [2.24, 2.45) is 0 Å². The number of ether oxygens (including phenoxy) is 2. The van der Waals surface area contributed by atoms with Crippen LogP contribution >= 0.6 is 11.6 Å². The van der Waals surface area contributed by atoms with E-state index >= 15 is 0 Å². The summed E-state index contributed by atoms with van der Waals surface area (Å²) in [7, 11) is 1.65. The number of nitrogens with zero attached hydrogens (tertiary/aromatic N) is 2. The number of benzene rings is 2. The predicted octanol–water partition coefficient (Wildman–Crippen LogP) is 4.45. The quantitative estimate of drug-likeness (QED) is 0.544.